The molecule has 0 fully saturated rings. The van der Waals surface area contributed by atoms with Gasteiger partial charge in [-0.2, -0.15) is 0 Å². The number of carbonyl (C=O) groups excluding carboxylic acids is 3. The number of amides is 3. The van der Waals surface area contributed by atoms with Crippen molar-refractivity contribution >= 4 is 29.3 Å². The number of rotatable bonds is 10. The Bertz CT molecular complexity index is 1270. The summed E-state index contributed by atoms with van der Waals surface area (Å²) in [6.45, 7) is 3.60. The molecule has 0 spiro atoms. The molecule has 198 valence electrons. The molecule has 0 aliphatic rings. The molecule has 5 N–H and O–H groups in total. The number of hydrogen-bond donors (Lipinski definition) is 4. The van der Waals surface area contributed by atoms with Gasteiger partial charge in [0.1, 0.15) is 18.5 Å². The number of anilines is 2. The highest BCUT2D eigenvalue weighted by atomic mass is 16.6. The molecule has 38 heavy (non-hydrogen) atoms. The number of alkyl carbamates (subject to hydrolysis) is 1. The van der Waals surface area contributed by atoms with Gasteiger partial charge in [0.05, 0.1) is 18.0 Å². The summed E-state index contributed by atoms with van der Waals surface area (Å²) in [5.41, 5.74) is 6.83. The van der Waals surface area contributed by atoms with Crippen LogP contribution >= 0.6 is 0 Å². The van der Waals surface area contributed by atoms with E-state index in [0.717, 1.165) is 0 Å². The molecule has 3 amide bonds. The Morgan fingerprint density at radius 2 is 1.63 bits per heavy atom. The quantitative estimate of drug-likeness (QED) is 0.230. The number of nitrogens with two attached hydrogens (primary N) is 1. The Hall–Kier alpha value is -4.63. The topological polar surface area (TPSA) is 140 Å². The molecule has 0 saturated carbocycles. The van der Waals surface area contributed by atoms with Gasteiger partial charge < -0.3 is 25.6 Å². The van der Waals surface area contributed by atoms with Crippen LogP contribution < -0.4 is 21.1 Å². The lowest BCUT2D eigenvalue weighted by Gasteiger charge is -2.31. The number of nitrogens with one attached hydrogen (secondary N) is 2. The summed E-state index contributed by atoms with van der Waals surface area (Å²) in [6, 6.07) is 22.0. The molecule has 0 saturated heterocycles. The van der Waals surface area contributed by atoms with Gasteiger partial charge in [-0.1, -0.05) is 62.4 Å². The second kappa shape index (κ2) is 13.1. The van der Waals surface area contributed by atoms with Gasteiger partial charge in [0.2, 0.25) is 5.91 Å². The predicted molar refractivity (Wildman–Crippen MR) is 145 cm³/mol. The number of para-hydroxylation sites is 2. The van der Waals surface area contributed by atoms with Gasteiger partial charge in [0.15, 0.2) is 0 Å². The summed E-state index contributed by atoms with van der Waals surface area (Å²) >= 11 is 0. The third-order valence-electron chi connectivity index (χ3n) is 5.58. The Morgan fingerprint density at radius 1 is 0.974 bits per heavy atom. The predicted octanol–water partition coefficient (Wildman–Crippen LogP) is 4.47. The summed E-state index contributed by atoms with van der Waals surface area (Å²) < 4.78 is 11.1. The van der Waals surface area contributed by atoms with Crippen LogP contribution in [0.15, 0.2) is 91.0 Å². The number of aliphatic hydroxyl groups excluding tert-OH is 1. The molecule has 0 unspecified atom stereocenters. The van der Waals surface area contributed by atoms with Gasteiger partial charge >= 0.3 is 6.09 Å². The second-order valence-corrected chi connectivity index (χ2v) is 8.98. The standard InChI is InChI=1S/C29H31N3O6/c1-29(2,17-16-25(34)31-24-11-7-6-10-23(24)30)26(20-12-14-22(15-13-20)37-19-18-33)38-28(36)32-27(35)21-8-4-3-5-9-21/h3-17,26,33H,18-19,30H2,1-2H3,(H,31,34)(H,32,35,36)/b17-16+/t26-/m0/s1. The van der Waals surface area contributed by atoms with Crippen molar-refractivity contribution in [3.05, 3.63) is 102 Å². The molecule has 3 aromatic rings. The summed E-state index contributed by atoms with van der Waals surface area (Å²) in [7, 11) is 0. The van der Waals surface area contributed by atoms with Gasteiger partial charge in [-0.05, 0) is 48.0 Å². The van der Waals surface area contributed by atoms with Crippen molar-refractivity contribution in [3.8, 4) is 5.75 Å². The molecule has 0 bridgehead atoms. The van der Waals surface area contributed by atoms with E-state index in [1.54, 1.807) is 98.8 Å². The fraction of sp³-hybridized carbons (Fsp3) is 0.207. The lowest BCUT2D eigenvalue weighted by Crippen LogP contribution is -2.35. The maximum atomic E-state index is 12.8. The third-order valence-corrected chi connectivity index (χ3v) is 5.58. The van der Waals surface area contributed by atoms with Crippen molar-refractivity contribution in [1.29, 1.82) is 0 Å². The minimum Gasteiger partial charge on any atom is -0.491 e. The molecule has 9 heteroatoms. The SMILES string of the molecule is CC(C)(/C=C/C(=O)Nc1ccccc1N)[C@@H](OC(=O)NC(=O)c1ccccc1)c1ccc(OCCO)cc1. The molecule has 0 radical (unpaired) electrons. The van der Waals surface area contributed by atoms with Gasteiger partial charge in [0.25, 0.3) is 5.91 Å². The molecular formula is C29H31N3O6. The summed E-state index contributed by atoms with van der Waals surface area (Å²) in [6.07, 6.45) is 1.14. The Labute approximate surface area is 221 Å². The van der Waals surface area contributed by atoms with Crippen molar-refractivity contribution in [1.82, 2.24) is 5.32 Å². The third kappa shape index (κ3) is 7.94. The molecule has 9 nitrogen and oxygen atoms in total. The molecule has 0 aromatic heterocycles. The zero-order valence-electron chi connectivity index (χ0n) is 21.2. The molecule has 3 aromatic carbocycles. The number of imide groups is 1. The van der Waals surface area contributed by atoms with E-state index in [2.05, 4.69) is 10.6 Å². The zero-order chi connectivity index (χ0) is 27.5. The summed E-state index contributed by atoms with van der Waals surface area (Å²) in [4.78, 5) is 37.8. The fourth-order valence-corrected chi connectivity index (χ4v) is 3.61. The molecule has 1 atom stereocenters. The number of benzene rings is 3. The van der Waals surface area contributed by atoms with Crippen LogP contribution in [0.4, 0.5) is 16.2 Å². The van der Waals surface area contributed by atoms with E-state index in [-0.39, 0.29) is 13.2 Å². The average molecular weight is 518 g/mol. The van der Waals surface area contributed by atoms with E-state index in [9.17, 15) is 14.4 Å². The lowest BCUT2D eigenvalue weighted by molar-refractivity contribution is -0.112. The minimum atomic E-state index is -0.938. The van der Waals surface area contributed by atoms with Crippen molar-refractivity contribution in [2.75, 3.05) is 24.3 Å². The largest absolute Gasteiger partial charge is 0.491 e. The number of carbonyl (C=O) groups is 3. The first kappa shape index (κ1) is 27.9. The van der Waals surface area contributed by atoms with Crippen LogP contribution in [0.25, 0.3) is 0 Å². The Kier molecular flexibility index (Phi) is 9.61. The molecule has 0 aliphatic heterocycles. The van der Waals surface area contributed by atoms with Crippen LogP contribution in [0, 0.1) is 5.41 Å². The summed E-state index contributed by atoms with van der Waals surface area (Å²) in [5, 5.41) is 13.9. The van der Waals surface area contributed by atoms with E-state index in [0.29, 0.717) is 28.3 Å². The van der Waals surface area contributed by atoms with E-state index >= 15 is 0 Å². The molecular weight excluding hydrogens is 486 g/mol. The van der Waals surface area contributed by atoms with Crippen LogP contribution in [-0.2, 0) is 9.53 Å². The lowest BCUT2D eigenvalue weighted by atomic mass is 9.82. The van der Waals surface area contributed by atoms with Crippen LogP contribution in [0.1, 0.15) is 35.9 Å². The van der Waals surface area contributed by atoms with Gasteiger partial charge in [-0.3, -0.25) is 14.9 Å². The van der Waals surface area contributed by atoms with E-state index in [4.69, 9.17) is 20.3 Å². The molecule has 0 aliphatic carbocycles. The van der Waals surface area contributed by atoms with Crippen molar-refractivity contribution in [3.63, 3.8) is 0 Å². The van der Waals surface area contributed by atoms with Gasteiger partial charge in [-0.25, -0.2) is 4.79 Å². The van der Waals surface area contributed by atoms with Crippen LogP contribution in [-0.4, -0.2) is 36.2 Å². The van der Waals surface area contributed by atoms with Crippen LogP contribution in [0.5, 0.6) is 5.75 Å². The summed E-state index contributed by atoms with van der Waals surface area (Å²) in [5.74, 6) is -0.486. The highest BCUT2D eigenvalue weighted by molar-refractivity contribution is 6.03. The zero-order valence-corrected chi connectivity index (χ0v) is 21.2. The fourth-order valence-electron chi connectivity index (χ4n) is 3.61. The Balaban J connectivity index is 1.80. The monoisotopic (exact) mass is 517 g/mol. The Morgan fingerprint density at radius 3 is 2.29 bits per heavy atom. The maximum Gasteiger partial charge on any atom is 0.414 e. The highest BCUT2D eigenvalue weighted by Crippen LogP contribution is 2.38. The highest BCUT2D eigenvalue weighted by Gasteiger charge is 2.33. The first-order valence-electron chi connectivity index (χ1n) is 11.9. The van der Waals surface area contributed by atoms with Crippen molar-refractivity contribution in [2.24, 2.45) is 5.41 Å². The van der Waals surface area contributed by atoms with Crippen molar-refractivity contribution < 1.29 is 29.0 Å². The maximum absolute atomic E-state index is 12.8. The number of hydrogen-bond acceptors (Lipinski definition) is 7. The van der Waals surface area contributed by atoms with E-state index in [1.165, 1.54) is 6.08 Å². The van der Waals surface area contributed by atoms with Gasteiger partial charge in [0, 0.05) is 11.0 Å². The van der Waals surface area contributed by atoms with Crippen LogP contribution in [0.3, 0.4) is 0 Å². The van der Waals surface area contributed by atoms with Crippen molar-refractivity contribution in [2.45, 2.75) is 20.0 Å². The average Bonchev–Trinajstić information content (AvgIpc) is 2.91. The first-order chi connectivity index (χ1) is 18.2. The number of ether oxygens (including phenoxy) is 2. The number of nitrogen functional groups attached to an aromatic ring is 1. The normalized spacial score (nSPS) is 12.0. The van der Waals surface area contributed by atoms with Crippen LogP contribution in [0.2, 0.25) is 0 Å². The second-order valence-electron chi connectivity index (χ2n) is 8.98. The molecule has 3 rings (SSSR count). The minimum absolute atomic E-state index is 0.127. The number of aliphatic hydroxyl groups is 1. The van der Waals surface area contributed by atoms with E-state index < -0.39 is 29.4 Å². The van der Waals surface area contributed by atoms with Gasteiger partial charge in [-0.15, -0.1) is 0 Å². The first-order valence-corrected chi connectivity index (χ1v) is 11.9. The smallest absolute Gasteiger partial charge is 0.414 e. The van der Waals surface area contributed by atoms with E-state index in [1.807, 2.05) is 0 Å². The molecule has 0 heterocycles.